The van der Waals surface area contributed by atoms with Crippen molar-refractivity contribution in [2.24, 2.45) is 0 Å². The van der Waals surface area contributed by atoms with E-state index in [0.29, 0.717) is 22.7 Å². The van der Waals surface area contributed by atoms with Crippen LogP contribution in [0.25, 0.3) is 11.3 Å². The van der Waals surface area contributed by atoms with Gasteiger partial charge in [-0.25, -0.2) is 0 Å². The molecule has 0 bridgehead atoms. The van der Waals surface area contributed by atoms with Gasteiger partial charge in [0.2, 0.25) is 0 Å². The van der Waals surface area contributed by atoms with Gasteiger partial charge in [0, 0.05) is 22.5 Å². The highest BCUT2D eigenvalue weighted by Gasteiger charge is 2.13. The molecule has 0 unspecified atom stereocenters. The van der Waals surface area contributed by atoms with Gasteiger partial charge in [0.05, 0.1) is 0 Å². The standard InChI is InChI=1S/C26H22N2O3/c1-17-8-9-20(16-18(17)2)23-14-15-24(31-23)26(30)28-22-12-10-21(11-13-22)27-25(29)19-6-4-3-5-7-19/h3-16H,1-2H3,(H,27,29)(H,28,30). The van der Waals surface area contributed by atoms with Crippen molar-refractivity contribution < 1.29 is 14.0 Å². The molecule has 3 aromatic carbocycles. The monoisotopic (exact) mass is 410 g/mol. The van der Waals surface area contributed by atoms with Gasteiger partial charge in [0.15, 0.2) is 5.76 Å². The highest BCUT2D eigenvalue weighted by atomic mass is 16.3. The van der Waals surface area contributed by atoms with Crippen LogP contribution in [0.2, 0.25) is 0 Å². The number of furan rings is 1. The number of anilines is 2. The van der Waals surface area contributed by atoms with Crippen LogP contribution < -0.4 is 10.6 Å². The zero-order chi connectivity index (χ0) is 21.8. The highest BCUT2D eigenvalue weighted by Crippen LogP contribution is 2.25. The molecule has 31 heavy (non-hydrogen) atoms. The predicted molar refractivity (Wildman–Crippen MR) is 122 cm³/mol. The van der Waals surface area contributed by atoms with Gasteiger partial charge in [0.25, 0.3) is 11.8 Å². The van der Waals surface area contributed by atoms with E-state index in [1.165, 1.54) is 11.1 Å². The van der Waals surface area contributed by atoms with Crippen molar-refractivity contribution >= 4 is 23.2 Å². The van der Waals surface area contributed by atoms with Crippen molar-refractivity contribution in [3.8, 4) is 11.3 Å². The number of carbonyl (C=O) groups is 2. The fourth-order valence-electron chi connectivity index (χ4n) is 3.13. The van der Waals surface area contributed by atoms with Crippen LogP contribution in [0.1, 0.15) is 32.0 Å². The van der Waals surface area contributed by atoms with Crippen LogP contribution in [0.4, 0.5) is 11.4 Å². The Morgan fingerprint density at radius 2 is 1.32 bits per heavy atom. The largest absolute Gasteiger partial charge is 0.451 e. The van der Waals surface area contributed by atoms with E-state index in [9.17, 15) is 9.59 Å². The van der Waals surface area contributed by atoms with E-state index in [-0.39, 0.29) is 17.6 Å². The summed E-state index contributed by atoms with van der Waals surface area (Å²) in [6.45, 7) is 4.10. The summed E-state index contributed by atoms with van der Waals surface area (Å²) in [5, 5.41) is 5.64. The maximum absolute atomic E-state index is 12.6. The van der Waals surface area contributed by atoms with Crippen LogP contribution in [0, 0.1) is 13.8 Å². The molecule has 154 valence electrons. The average Bonchev–Trinajstić information content (AvgIpc) is 3.28. The lowest BCUT2D eigenvalue weighted by atomic mass is 10.1. The lowest BCUT2D eigenvalue weighted by Crippen LogP contribution is -2.12. The van der Waals surface area contributed by atoms with Crippen LogP contribution in [0.3, 0.4) is 0 Å². The summed E-state index contributed by atoms with van der Waals surface area (Å²) in [6, 6.07) is 25.4. The van der Waals surface area contributed by atoms with Gasteiger partial charge in [-0.05, 0) is 79.6 Å². The third kappa shape index (κ3) is 4.73. The minimum absolute atomic E-state index is 0.188. The van der Waals surface area contributed by atoms with Gasteiger partial charge in [-0.2, -0.15) is 0 Å². The van der Waals surface area contributed by atoms with Crippen LogP contribution in [0.5, 0.6) is 0 Å². The average molecular weight is 410 g/mol. The summed E-state index contributed by atoms with van der Waals surface area (Å²) >= 11 is 0. The molecule has 0 saturated heterocycles. The molecule has 2 amide bonds. The number of benzene rings is 3. The zero-order valence-electron chi connectivity index (χ0n) is 17.3. The molecule has 4 rings (SSSR count). The van der Waals surface area contributed by atoms with Crippen LogP contribution in [0.15, 0.2) is 89.3 Å². The highest BCUT2D eigenvalue weighted by molar-refractivity contribution is 6.05. The van der Waals surface area contributed by atoms with Gasteiger partial charge in [-0.3, -0.25) is 9.59 Å². The number of rotatable bonds is 5. The van der Waals surface area contributed by atoms with Gasteiger partial charge in [0.1, 0.15) is 5.76 Å². The summed E-state index contributed by atoms with van der Waals surface area (Å²) in [4.78, 5) is 24.8. The SMILES string of the molecule is Cc1ccc(-c2ccc(C(=O)Nc3ccc(NC(=O)c4ccccc4)cc3)o2)cc1C. The number of nitrogens with one attached hydrogen (secondary N) is 2. The van der Waals surface area contributed by atoms with Crippen molar-refractivity contribution in [1.29, 1.82) is 0 Å². The number of aryl methyl sites for hydroxylation is 2. The Kier molecular flexibility index (Phi) is 5.67. The van der Waals surface area contributed by atoms with E-state index in [1.807, 2.05) is 43.3 Å². The fourth-order valence-corrected chi connectivity index (χ4v) is 3.13. The van der Waals surface area contributed by atoms with Gasteiger partial charge < -0.3 is 15.1 Å². The molecule has 5 nitrogen and oxygen atoms in total. The smallest absolute Gasteiger partial charge is 0.291 e. The lowest BCUT2D eigenvalue weighted by molar-refractivity contribution is 0.0995. The summed E-state index contributed by atoms with van der Waals surface area (Å²) in [5.41, 5.74) is 5.13. The van der Waals surface area contributed by atoms with Crippen LogP contribution in [-0.2, 0) is 0 Å². The maximum atomic E-state index is 12.6. The van der Waals surface area contributed by atoms with E-state index in [0.717, 1.165) is 5.56 Å². The molecular formula is C26H22N2O3. The first-order valence-corrected chi connectivity index (χ1v) is 9.95. The molecule has 0 saturated carbocycles. The van der Waals surface area contributed by atoms with Crippen molar-refractivity contribution in [2.75, 3.05) is 10.6 Å². The third-order valence-electron chi connectivity index (χ3n) is 5.06. The van der Waals surface area contributed by atoms with E-state index in [4.69, 9.17) is 4.42 Å². The van der Waals surface area contributed by atoms with Crippen molar-refractivity contribution in [2.45, 2.75) is 13.8 Å². The number of hydrogen-bond acceptors (Lipinski definition) is 3. The first-order chi connectivity index (χ1) is 15.0. The molecule has 1 aromatic heterocycles. The van der Waals surface area contributed by atoms with E-state index >= 15 is 0 Å². The predicted octanol–water partition coefficient (Wildman–Crippen LogP) is 6.07. The van der Waals surface area contributed by atoms with Crippen LogP contribution in [-0.4, -0.2) is 11.8 Å². The summed E-state index contributed by atoms with van der Waals surface area (Å²) in [5.74, 6) is 0.352. The molecule has 0 radical (unpaired) electrons. The molecule has 0 aliphatic heterocycles. The summed E-state index contributed by atoms with van der Waals surface area (Å²) < 4.78 is 5.75. The zero-order valence-corrected chi connectivity index (χ0v) is 17.3. The summed E-state index contributed by atoms with van der Waals surface area (Å²) in [6.07, 6.45) is 0. The van der Waals surface area contributed by atoms with Gasteiger partial charge in [-0.15, -0.1) is 0 Å². The Morgan fingerprint density at radius 1 is 0.677 bits per heavy atom. The minimum atomic E-state index is -0.337. The molecule has 5 heteroatoms. The minimum Gasteiger partial charge on any atom is -0.451 e. The second-order valence-corrected chi connectivity index (χ2v) is 7.31. The van der Waals surface area contributed by atoms with Crippen LogP contribution >= 0.6 is 0 Å². The van der Waals surface area contributed by atoms with Gasteiger partial charge >= 0.3 is 0 Å². The van der Waals surface area contributed by atoms with Gasteiger partial charge in [-0.1, -0.05) is 30.3 Å². The molecular weight excluding hydrogens is 388 g/mol. The normalized spacial score (nSPS) is 10.5. The Bertz CT molecular complexity index is 1230. The van der Waals surface area contributed by atoms with E-state index in [2.05, 4.69) is 17.6 Å². The molecule has 0 atom stereocenters. The Hall–Kier alpha value is -4.12. The number of amides is 2. The molecule has 0 aliphatic rings. The second-order valence-electron chi connectivity index (χ2n) is 7.31. The molecule has 0 spiro atoms. The lowest BCUT2D eigenvalue weighted by Gasteiger charge is -2.07. The maximum Gasteiger partial charge on any atom is 0.291 e. The van der Waals surface area contributed by atoms with Crippen molar-refractivity contribution in [3.05, 3.63) is 107 Å². The molecule has 1 heterocycles. The second kappa shape index (κ2) is 8.71. The molecule has 0 aliphatic carbocycles. The summed E-state index contributed by atoms with van der Waals surface area (Å²) in [7, 11) is 0. The molecule has 4 aromatic rings. The molecule has 0 fully saturated rings. The van der Waals surface area contributed by atoms with E-state index < -0.39 is 0 Å². The van der Waals surface area contributed by atoms with E-state index in [1.54, 1.807) is 48.5 Å². The topological polar surface area (TPSA) is 71.3 Å². The van der Waals surface area contributed by atoms with Crippen molar-refractivity contribution in [3.63, 3.8) is 0 Å². The number of carbonyl (C=O) groups excluding carboxylic acids is 2. The van der Waals surface area contributed by atoms with Crippen molar-refractivity contribution in [1.82, 2.24) is 0 Å². The Balaban J connectivity index is 1.40. The number of hydrogen-bond donors (Lipinski definition) is 2. The molecule has 2 N–H and O–H groups in total. The first-order valence-electron chi connectivity index (χ1n) is 9.95. The first kappa shape index (κ1) is 20.2. The fraction of sp³-hybridized carbons (Fsp3) is 0.0769. The Labute approximate surface area is 180 Å². The Morgan fingerprint density at radius 3 is 1.97 bits per heavy atom. The third-order valence-corrected chi connectivity index (χ3v) is 5.06. The quantitative estimate of drug-likeness (QED) is 0.420.